The summed E-state index contributed by atoms with van der Waals surface area (Å²) in [6.07, 6.45) is 5.41. The van der Waals surface area contributed by atoms with Crippen molar-refractivity contribution in [3.05, 3.63) is 75.8 Å². The van der Waals surface area contributed by atoms with Gasteiger partial charge in [-0.1, -0.05) is 31.0 Å². The smallest absolute Gasteiger partial charge is 0.254 e. The number of aromatic amines is 1. The maximum Gasteiger partial charge on any atom is 0.254 e. The standard InChI is InChI=1S/C26H28N6O2/c1-2-34-20-11-12-22-18(15-20)16-21(26(33)27-22)24(31-14-13-17-7-3-6-10-23(17)31)25-28-29-30-32(25)19-8-4-5-9-19/h3,6-7,10-12,15-16,19,24H,2,4-5,8-9,13-14H2,1H3,(H,27,33). The third kappa shape index (κ3) is 3.54. The van der Waals surface area contributed by atoms with E-state index in [9.17, 15) is 4.79 Å². The number of nitrogens with one attached hydrogen (secondary N) is 1. The molecule has 3 heterocycles. The number of fused-ring (bicyclic) bond motifs is 2. The lowest BCUT2D eigenvalue weighted by atomic mass is 10.0. The highest BCUT2D eigenvalue weighted by Crippen LogP contribution is 2.39. The molecule has 0 spiro atoms. The van der Waals surface area contributed by atoms with Crippen LogP contribution in [0.25, 0.3) is 10.9 Å². The summed E-state index contributed by atoms with van der Waals surface area (Å²) >= 11 is 0. The van der Waals surface area contributed by atoms with Crippen LogP contribution in [0.4, 0.5) is 5.69 Å². The number of benzene rings is 2. The number of pyridine rings is 1. The summed E-state index contributed by atoms with van der Waals surface area (Å²) in [6, 6.07) is 16.0. The van der Waals surface area contributed by atoms with E-state index >= 15 is 0 Å². The second kappa shape index (κ2) is 8.59. The molecular formula is C26H28N6O2. The molecular weight excluding hydrogens is 428 g/mol. The highest BCUT2D eigenvalue weighted by atomic mass is 16.5. The molecule has 1 aliphatic heterocycles. The molecule has 0 saturated heterocycles. The Morgan fingerprint density at radius 1 is 1.15 bits per heavy atom. The molecule has 8 nitrogen and oxygen atoms in total. The molecule has 1 aliphatic carbocycles. The first-order valence-electron chi connectivity index (χ1n) is 12.1. The van der Waals surface area contributed by atoms with Gasteiger partial charge in [-0.2, -0.15) is 0 Å². The summed E-state index contributed by atoms with van der Waals surface area (Å²) < 4.78 is 7.68. The van der Waals surface area contributed by atoms with Crippen LogP contribution < -0.4 is 15.2 Å². The fourth-order valence-electron chi connectivity index (χ4n) is 5.53. The number of ether oxygens (including phenoxy) is 1. The topological polar surface area (TPSA) is 88.9 Å². The SMILES string of the molecule is CCOc1ccc2[nH]c(=O)c(C(c3nnnn3C3CCCC3)N3CCc4ccccc43)cc2c1. The summed E-state index contributed by atoms with van der Waals surface area (Å²) in [7, 11) is 0. The molecule has 2 aromatic carbocycles. The van der Waals surface area contributed by atoms with Gasteiger partial charge in [-0.3, -0.25) is 4.79 Å². The van der Waals surface area contributed by atoms with Gasteiger partial charge in [0, 0.05) is 28.7 Å². The first kappa shape index (κ1) is 20.9. The minimum Gasteiger partial charge on any atom is -0.494 e. The lowest BCUT2D eigenvalue weighted by Gasteiger charge is -2.30. The lowest BCUT2D eigenvalue weighted by molar-refractivity contribution is 0.340. The molecule has 2 aromatic heterocycles. The van der Waals surface area contributed by atoms with Crippen LogP contribution in [0.2, 0.25) is 0 Å². The van der Waals surface area contributed by atoms with Gasteiger partial charge in [0.2, 0.25) is 0 Å². The molecule has 6 rings (SSSR count). The average molecular weight is 457 g/mol. The molecule has 34 heavy (non-hydrogen) atoms. The Morgan fingerprint density at radius 3 is 2.85 bits per heavy atom. The molecule has 0 amide bonds. The van der Waals surface area contributed by atoms with E-state index < -0.39 is 0 Å². The lowest BCUT2D eigenvalue weighted by Crippen LogP contribution is -2.34. The van der Waals surface area contributed by atoms with E-state index in [1.807, 2.05) is 41.9 Å². The van der Waals surface area contributed by atoms with Gasteiger partial charge in [-0.25, -0.2) is 4.68 Å². The summed E-state index contributed by atoms with van der Waals surface area (Å²) in [4.78, 5) is 18.9. The third-order valence-electron chi connectivity index (χ3n) is 7.12. The van der Waals surface area contributed by atoms with Gasteiger partial charge in [0.15, 0.2) is 5.82 Å². The Kier molecular flexibility index (Phi) is 5.28. The van der Waals surface area contributed by atoms with Crippen molar-refractivity contribution in [2.75, 3.05) is 18.1 Å². The van der Waals surface area contributed by atoms with E-state index in [4.69, 9.17) is 4.74 Å². The van der Waals surface area contributed by atoms with Crippen LogP contribution in [-0.2, 0) is 6.42 Å². The van der Waals surface area contributed by atoms with Gasteiger partial charge in [-0.15, -0.1) is 5.10 Å². The molecule has 1 atom stereocenters. The van der Waals surface area contributed by atoms with Crippen molar-refractivity contribution in [3.8, 4) is 5.75 Å². The molecule has 2 aliphatic rings. The van der Waals surface area contributed by atoms with Crippen molar-refractivity contribution in [1.82, 2.24) is 25.2 Å². The molecule has 1 unspecified atom stereocenters. The first-order chi connectivity index (χ1) is 16.7. The molecule has 8 heteroatoms. The van der Waals surface area contributed by atoms with Crippen LogP contribution in [0, 0.1) is 0 Å². The summed E-state index contributed by atoms with van der Waals surface area (Å²) in [6.45, 7) is 3.36. The molecule has 4 aromatic rings. The fourth-order valence-corrected chi connectivity index (χ4v) is 5.53. The zero-order valence-electron chi connectivity index (χ0n) is 19.3. The number of hydrogen-bond acceptors (Lipinski definition) is 6. The zero-order valence-corrected chi connectivity index (χ0v) is 19.3. The predicted molar refractivity (Wildman–Crippen MR) is 130 cm³/mol. The molecule has 1 N–H and O–H groups in total. The number of nitrogens with zero attached hydrogens (tertiary/aromatic N) is 5. The number of rotatable bonds is 6. The number of hydrogen-bond donors (Lipinski definition) is 1. The van der Waals surface area contributed by atoms with Crippen LogP contribution in [0.15, 0.2) is 53.3 Å². The third-order valence-corrected chi connectivity index (χ3v) is 7.12. The van der Waals surface area contributed by atoms with Crippen molar-refractivity contribution in [3.63, 3.8) is 0 Å². The van der Waals surface area contributed by atoms with Crippen LogP contribution >= 0.6 is 0 Å². The molecule has 174 valence electrons. The van der Waals surface area contributed by atoms with Gasteiger partial charge in [0.25, 0.3) is 5.56 Å². The number of tetrazole rings is 1. The highest BCUT2D eigenvalue weighted by molar-refractivity contribution is 5.81. The van der Waals surface area contributed by atoms with Crippen molar-refractivity contribution in [2.45, 2.75) is 51.1 Å². The van der Waals surface area contributed by atoms with Gasteiger partial charge in [-0.05, 0) is 72.5 Å². The van der Waals surface area contributed by atoms with E-state index in [0.29, 0.717) is 12.2 Å². The van der Waals surface area contributed by atoms with E-state index in [1.165, 1.54) is 18.4 Å². The van der Waals surface area contributed by atoms with E-state index in [2.05, 4.69) is 43.6 Å². The Bertz CT molecular complexity index is 1390. The van der Waals surface area contributed by atoms with Crippen LogP contribution in [-0.4, -0.2) is 38.3 Å². The Labute approximate surface area is 197 Å². The van der Waals surface area contributed by atoms with E-state index in [-0.39, 0.29) is 17.6 Å². The average Bonchev–Trinajstić information content (AvgIpc) is 3.61. The second-order valence-corrected chi connectivity index (χ2v) is 9.13. The summed E-state index contributed by atoms with van der Waals surface area (Å²) in [5.41, 5.74) is 3.73. The van der Waals surface area contributed by atoms with Crippen molar-refractivity contribution < 1.29 is 4.74 Å². The van der Waals surface area contributed by atoms with E-state index in [0.717, 1.165) is 54.0 Å². The van der Waals surface area contributed by atoms with Crippen molar-refractivity contribution >= 4 is 16.6 Å². The largest absolute Gasteiger partial charge is 0.494 e. The maximum absolute atomic E-state index is 13.5. The Balaban J connectivity index is 1.54. The number of aromatic nitrogens is 5. The number of H-pyrrole nitrogens is 1. The van der Waals surface area contributed by atoms with Crippen LogP contribution in [0.5, 0.6) is 5.75 Å². The zero-order chi connectivity index (χ0) is 23.1. The minimum atomic E-state index is -0.386. The monoisotopic (exact) mass is 456 g/mol. The van der Waals surface area contributed by atoms with E-state index in [1.54, 1.807) is 0 Å². The quantitative estimate of drug-likeness (QED) is 0.468. The number of anilines is 1. The van der Waals surface area contributed by atoms with Crippen molar-refractivity contribution in [1.29, 1.82) is 0 Å². The summed E-state index contributed by atoms with van der Waals surface area (Å²) in [5, 5.41) is 13.9. The second-order valence-electron chi connectivity index (χ2n) is 9.13. The summed E-state index contributed by atoms with van der Waals surface area (Å²) in [5.74, 6) is 1.52. The molecule has 1 saturated carbocycles. The first-order valence-corrected chi connectivity index (χ1v) is 12.1. The minimum absolute atomic E-state index is 0.119. The normalized spacial score (nSPS) is 16.8. The predicted octanol–water partition coefficient (Wildman–Crippen LogP) is 4.18. The van der Waals surface area contributed by atoms with Gasteiger partial charge < -0.3 is 14.6 Å². The van der Waals surface area contributed by atoms with Gasteiger partial charge in [0.05, 0.1) is 12.6 Å². The van der Waals surface area contributed by atoms with Crippen molar-refractivity contribution in [2.24, 2.45) is 0 Å². The van der Waals surface area contributed by atoms with Gasteiger partial charge in [0.1, 0.15) is 11.8 Å². The molecule has 0 radical (unpaired) electrons. The Hall–Kier alpha value is -3.68. The van der Waals surface area contributed by atoms with Crippen LogP contribution in [0.1, 0.15) is 61.6 Å². The highest BCUT2D eigenvalue weighted by Gasteiger charge is 2.36. The number of para-hydroxylation sites is 1. The molecule has 0 bridgehead atoms. The molecule has 1 fully saturated rings. The van der Waals surface area contributed by atoms with Crippen LogP contribution in [0.3, 0.4) is 0 Å². The maximum atomic E-state index is 13.5. The fraction of sp³-hybridized carbons (Fsp3) is 0.385. The Morgan fingerprint density at radius 2 is 2.00 bits per heavy atom. The van der Waals surface area contributed by atoms with Gasteiger partial charge >= 0.3 is 0 Å².